The summed E-state index contributed by atoms with van der Waals surface area (Å²) in [5.41, 5.74) is -0.0986. The third-order valence-corrected chi connectivity index (χ3v) is 4.37. The molecule has 2 atom stereocenters. The molecule has 0 aliphatic carbocycles. The van der Waals surface area contributed by atoms with Gasteiger partial charge in [-0.15, -0.1) is 0 Å². The molecule has 7 nitrogen and oxygen atoms in total. The molecule has 0 aromatic heterocycles. The predicted molar refractivity (Wildman–Crippen MR) is 80.8 cm³/mol. The van der Waals surface area contributed by atoms with Crippen molar-refractivity contribution in [3.8, 4) is 0 Å². The van der Waals surface area contributed by atoms with Gasteiger partial charge >= 0.3 is 5.97 Å². The SMILES string of the molecule is O=C(O)[C@@H]1COCCN1C(=O)[C@@H]1CC(=O)N(c2ccc(F)cc2F)C1. The molecule has 1 N–H and O–H groups in total. The average molecular weight is 354 g/mol. The van der Waals surface area contributed by atoms with Gasteiger partial charge in [-0.2, -0.15) is 0 Å². The van der Waals surface area contributed by atoms with Crippen LogP contribution in [-0.4, -0.2) is 60.1 Å². The quantitative estimate of drug-likeness (QED) is 0.860. The van der Waals surface area contributed by atoms with Crippen molar-refractivity contribution in [1.82, 2.24) is 4.90 Å². The van der Waals surface area contributed by atoms with Crippen LogP contribution in [0.3, 0.4) is 0 Å². The van der Waals surface area contributed by atoms with E-state index in [0.717, 1.165) is 17.0 Å². The summed E-state index contributed by atoms with van der Waals surface area (Å²) in [4.78, 5) is 38.4. The van der Waals surface area contributed by atoms with Gasteiger partial charge in [0.15, 0.2) is 6.04 Å². The van der Waals surface area contributed by atoms with Crippen molar-refractivity contribution in [2.75, 3.05) is 31.2 Å². The molecule has 2 saturated heterocycles. The molecule has 1 aromatic rings. The molecule has 1 aromatic carbocycles. The lowest BCUT2D eigenvalue weighted by Crippen LogP contribution is -2.54. The van der Waals surface area contributed by atoms with E-state index in [-0.39, 0.29) is 38.4 Å². The van der Waals surface area contributed by atoms with Gasteiger partial charge in [-0.3, -0.25) is 9.59 Å². The number of carbonyl (C=O) groups is 3. The highest BCUT2D eigenvalue weighted by atomic mass is 19.1. The number of ether oxygens (including phenoxy) is 1. The van der Waals surface area contributed by atoms with Gasteiger partial charge in [-0.05, 0) is 12.1 Å². The maximum absolute atomic E-state index is 13.9. The molecule has 0 spiro atoms. The van der Waals surface area contributed by atoms with E-state index >= 15 is 0 Å². The molecule has 2 heterocycles. The molecule has 0 unspecified atom stereocenters. The van der Waals surface area contributed by atoms with Crippen LogP contribution >= 0.6 is 0 Å². The number of anilines is 1. The molecule has 25 heavy (non-hydrogen) atoms. The minimum absolute atomic E-state index is 0.0794. The van der Waals surface area contributed by atoms with Gasteiger partial charge in [0, 0.05) is 25.6 Å². The Morgan fingerprint density at radius 2 is 2.04 bits per heavy atom. The lowest BCUT2D eigenvalue weighted by Gasteiger charge is -2.34. The van der Waals surface area contributed by atoms with E-state index in [2.05, 4.69) is 0 Å². The minimum Gasteiger partial charge on any atom is -0.480 e. The highest BCUT2D eigenvalue weighted by Crippen LogP contribution is 2.29. The van der Waals surface area contributed by atoms with E-state index in [1.807, 2.05) is 0 Å². The van der Waals surface area contributed by atoms with E-state index in [1.54, 1.807) is 0 Å². The summed E-state index contributed by atoms with van der Waals surface area (Å²) in [6.45, 7) is 0.139. The first-order chi connectivity index (χ1) is 11.9. The number of amides is 2. The Morgan fingerprint density at radius 1 is 1.28 bits per heavy atom. The van der Waals surface area contributed by atoms with Crippen LogP contribution in [0.5, 0.6) is 0 Å². The van der Waals surface area contributed by atoms with Crippen molar-refractivity contribution in [1.29, 1.82) is 0 Å². The largest absolute Gasteiger partial charge is 0.480 e. The number of rotatable bonds is 3. The molecule has 134 valence electrons. The van der Waals surface area contributed by atoms with Crippen LogP contribution < -0.4 is 4.90 Å². The first kappa shape index (κ1) is 17.3. The molecule has 2 aliphatic rings. The van der Waals surface area contributed by atoms with Crippen molar-refractivity contribution in [3.63, 3.8) is 0 Å². The van der Waals surface area contributed by atoms with Crippen molar-refractivity contribution >= 4 is 23.5 Å². The van der Waals surface area contributed by atoms with Gasteiger partial charge in [0.05, 0.1) is 24.8 Å². The van der Waals surface area contributed by atoms with Crippen LogP contribution in [0.1, 0.15) is 6.42 Å². The molecule has 2 amide bonds. The molecule has 3 rings (SSSR count). The number of hydrogen-bond donors (Lipinski definition) is 1. The normalized spacial score (nSPS) is 23.8. The van der Waals surface area contributed by atoms with Crippen molar-refractivity contribution < 1.29 is 33.0 Å². The zero-order valence-electron chi connectivity index (χ0n) is 13.2. The highest BCUT2D eigenvalue weighted by Gasteiger charge is 2.42. The Hall–Kier alpha value is -2.55. The van der Waals surface area contributed by atoms with E-state index in [4.69, 9.17) is 4.74 Å². The van der Waals surface area contributed by atoms with Gasteiger partial charge in [0.1, 0.15) is 11.6 Å². The fourth-order valence-electron chi connectivity index (χ4n) is 3.11. The molecule has 2 fully saturated rings. The zero-order valence-corrected chi connectivity index (χ0v) is 13.2. The van der Waals surface area contributed by atoms with E-state index in [0.29, 0.717) is 6.07 Å². The maximum atomic E-state index is 13.9. The molecule has 0 radical (unpaired) electrons. The minimum atomic E-state index is -1.18. The van der Waals surface area contributed by atoms with Gasteiger partial charge in [-0.25, -0.2) is 13.6 Å². The first-order valence-corrected chi connectivity index (χ1v) is 7.75. The molecule has 2 aliphatic heterocycles. The van der Waals surface area contributed by atoms with Crippen LogP contribution in [0.15, 0.2) is 18.2 Å². The van der Waals surface area contributed by atoms with Gasteiger partial charge < -0.3 is 19.6 Å². The number of halogens is 2. The summed E-state index contributed by atoms with van der Waals surface area (Å²) in [7, 11) is 0. The van der Waals surface area contributed by atoms with Crippen LogP contribution in [0.2, 0.25) is 0 Å². The maximum Gasteiger partial charge on any atom is 0.328 e. The average Bonchev–Trinajstić information content (AvgIpc) is 2.96. The monoisotopic (exact) mass is 354 g/mol. The number of carbonyl (C=O) groups excluding carboxylic acids is 2. The zero-order chi connectivity index (χ0) is 18.1. The van der Waals surface area contributed by atoms with Crippen LogP contribution in [0.25, 0.3) is 0 Å². The lowest BCUT2D eigenvalue weighted by atomic mass is 10.1. The molecular formula is C16H16F2N2O5. The summed E-state index contributed by atoms with van der Waals surface area (Å²) in [6, 6.07) is 1.74. The van der Waals surface area contributed by atoms with Crippen LogP contribution in [0.4, 0.5) is 14.5 Å². The van der Waals surface area contributed by atoms with Crippen molar-refractivity contribution in [2.45, 2.75) is 12.5 Å². The number of aliphatic carboxylic acids is 1. The van der Waals surface area contributed by atoms with E-state index < -0.39 is 41.4 Å². The third-order valence-electron chi connectivity index (χ3n) is 4.37. The lowest BCUT2D eigenvalue weighted by molar-refractivity contribution is -0.160. The smallest absolute Gasteiger partial charge is 0.328 e. The Kier molecular flexibility index (Phi) is 4.67. The Labute approximate surface area is 141 Å². The number of carboxylic acid groups (broad SMARTS) is 1. The fourth-order valence-corrected chi connectivity index (χ4v) is 3.11. The summed E-state index contributed by atoms with van der Waals surface area (Å²) in [6.07, 6.45) is -0.153. The number of carboxylic acids is 1. The number of morpholine rings is 1. The summed E-state index contributed by atoms with van der Waals surface area (Å²) >= 11 is 0. The van der Waals surface area contributed by atoms with E-state index in [9.17, 15) is 28.3 Å². The summed E-state index contributed by atoms with van der Waals surface area (Å²) in [5.74, 6) is -4.57. The highest BCUT2D eigenvalue weighted by molar-refractivity contribution is 6.01. The number of benzene rings is 1. The number of nitrogens with zero attached hydrogens (tertiary/aromatic N) is 2. The second-order valence-electron chi connectivity index (χ2n) is 5.96. The second kappa shape index (κ2) is 6.75. The Bertz CT molecular complexity index is 726. The molecule has 0 bridgehead atoms. The fraction of sp³-hybridized carbons (Fsp3) is 0.438. The van der Waals surface area contributed by atoms with E-state index in [1.165, 1.54) is 4.90 Å². The van der Waals surface area contributed by atoms with Gasteiger partial charge in [0.2, 0.25) is 11.8 Å². The summed E-state index contributed by atoms with van der Waals surface area (Å²) in [5, 5.41) is 9.21. The van der Waals surface area contributed by atoms with Crippen LogP contribution in [-0.2, 0) is 19.1 Å². The van der Waals surface area contributed by atoms with Gasteiger partial charge in [0.25, 0.3) is 0 Å². The summed E-state index contributed by atoms with van der Waals surface area (Å²) < 4.78 is 32.0. The third kappa shape index (κ3) is 3.32. The van der Waals surface area contributed by atoms with Crippen molar-refractivity contribution in [3.05, 3.63) is 29.8 Å². The Balaban J connectivity index is 1.77. The second-order valence-corrected chi connectivity index (χ2v) is 5.96. The molecule has 0 saturated carbocycles. The topological polar surface area (TPSA) is 87.1 Å². The molecule has 9 heteroatoms. The first-order valence-electron chi connectivity index (χ1n) is 7.75. The predicted octanol–water partition coefficient (Wildman–Crippen LogP) is 0.630. The van der Waals surface area contributed by atoms with Crippen LogP contribution in [0, 0.1) is 17.6 Å². The number of hydrogen-bond acceptors (Lipinski definition) is 4. The molecular weight excluding hydrogens is 338 g/mol. The Morgan fingerprint density at radius 3 is 2.72 bits per heavy atom. The van der Waals surface area contributed by atoms with Crippen molar-refractivity contribution in [2.24, 2.45) is 5.92 Å². The standard InChI is InChI=1S/C16H16F2N2O5/c17-10-1-2-12(11(18)6-10)20-7-9(5-14(20)21)15(22)19-3-4-25-8-13(19)16(23)24/h1-2,6,9,13H,3-5,7-8H2,(H,23,24)/t9-,13+/m1/s1. The van der Waals surface area contributed by atoms with Gasteiger partial charge in [-0.1, -0.05) is 0 Å².